The van der Waals surface area contributed by atoms with Gasteiger partial charge in [-0.05, 0) is 25.0 Å². The molecule has 2 rings (SSSR count). The van der Waals surface area contributed by atoms with Gasteiger partial charge in [-0.2, -0.15) is 0 Å². The molecule has 130 valence electrons. The van der Waals surface area contributed by atoms with E-state index in [4.69, 9.17) is 4.74 Å². The summed E-state index contributed by atoms with van der Waals surface area (Å²) >= 11 is 0.981. The smallest absolute Gasteiger partial charge is 0.321 e. The van der Waals surface area contributed by atoms with Crippen molar-refractivity contribution in [2.24, 2.45) is 0 Å². The molecule has 0 saturated heterocycles. The molecule has 3 amide bonds. The molecule has 0 atom stereocenters. The molecule has 24 heavy (non-hydrogen) atoms. The third-order valence-electron chi connectivity index (χ3n) is 3.49. The Hall–Kier alpha value is -2.09. The van der Waals surface area contributed by atoms with E-state index in [2.05, 4.69) is 10.6 Å². The molecule has 0 aliphatic heterocycles. The Balaban J connectivity index is 1.63. The van der Waals surface area contributed by atoms with Crippen molar-refractivity contribution < 1.29 is 23.5 Å². The summed E-state index contributed by atoms with van der Waals surface area (Å²) in [5.41, 5.74) is 0. The first-order valence-corrected chi connectivity index (χ1v) is 8.66. The molecule has 1 aliphatic carbocycles. The summed E-state index contributed by atoms with van der Waals surface area (Å²) in [5.74, 6) is -1.90. The predicted octanol–water partition coefficient (Wildman–Crippen LogP) is 2.23. The van der Waals surface area contributed by atoms with Crippen LogP contribution < -0.4 is 10.6 Å². The molecule has 1 saturated carbocycles. The Kier molecular flexibility index (Phi) is 7.05. The summed E-state index contributed by atoms with van der Waals surface area (Å²) in [6.07, 6.45) is 3.94. The summed E-state index contributed by atoms with van der Waals surface area (Å²) in [6, 6.07) is 5.57. The van der Waals surface area contributed by atoms with Gasteiger partial charge in [-0.25, -0.2) is 9.18 Å². The molecule has 0 spiro atoms. The van der Waals surface area contributed by atoms with Crippen molar-refractivity contribution in [1.82, 2.24) is 10.6 Å². The summed E-state index contributed by atoms with van der Waals surface area (Å²) in [5, 5.41) is 4.81. The van der Waals surface area contributed by atoms with Crippen LogP contribution in [-0.2, 0) is 14.3 Å². The number of nitrogens with one attached hydrogen (secondary N) is 2. The quantitative estimate of drug-likeness (QED) is 0.604. The maximum atomic E-state index is 13.4. The van der Waals surface area contributed by atoms with Crippen LogP contribution in [0.5, 0.6) is 0 Å². The van der Waals surface area contributed by atoms with Crippen LogP contribution in [0, 0.1) is 5.82 Å². The summed E-state index contributed by atoms with van der Waals surface area (Å²) in [7, 11) is 0. The molecule has 0 radical (unpaired) electrons. The molecule has 0 bridgehead atoms. The van der Waals surface area contributed by atoms with Gasteiger partial charge in [0.25, 0.3) is 5.91 Å². The van der Waals surface area contributed by atoms with Crippen molar-refractivity contribution in [3.05, 3.63) is 30.1 Å². The average Bonchev–Trinajstić information content (AvgIpc) is 3.05. The number of hydrogen-bond acceptors (Lipinski definition) is 5. The maximum Gasteiger partial charge on any atom is 0.321 e. The number of amides is 3. The molecule has 0 heterocycles. The van der Waals surface area contributed by atoms with Crippen molar-refractivity contribution >= 4 is 29.7 Å². The lowest BCUT2D eigenvalue weighted by Gasteiger charge is -2.12. The monoisotopic (exact) mass is 354 g/mol. The van der Waals surface area contributed by atoms with E-state index >= 15 is 0 Å². The van der Waals surface area contributed by atoms with Crippen molar-refractivity contribution in [2.45, 2.75) is 36.6 Å². The van der Waals surface area contributed by atoms with Gasteiger partial charge in [0.05, 0.1) is 5.75 Å². The largest absolute Gasteiger partial charge is 0.455 e. The standard InChI is InChI=1S/C16H19FN2O4S/c17-12-7-3-4-8-13(12)24-10-15(21)23-9-14(20)19-16(22)18-11-5-1-2-6-11/h3-4,7-8,11H,1-2,5-6,9-10H2,(H2,18,19,20,22). The number of urea groups is 1. The second-order valence-electron chi connectivity index (χ2n) is 5.38. The van der Waals surface area contributed by atoms with Crippen LogP contribution in [0.3, 0.4) is 0 Å². The Morgan fingerprint density at radius 3 is 2.62 bits per heavy atom. The summed E-state index contributed by atoms with van der Waals surface area (Å²) < 4.78 is 18.1. The van der Waals surface area contributed by atoms with Gasteiger partial charge in [0.2, 0.25) is 0 Å². The number of carbonyl (C=O) groups is 3. The number of rotatable bonds is 6. The zero-order valence-electron chi connectivity index (χ0n) is 13.0. The Morgan fingerprint density at radius 2 is 1.92 bits per heavy atom. The van der Waals surface area contributed by atoms with E-state index in [-0.39, 0.29) is 11.8 Å². The first-order chi connectivity index (χ1) is 11.5. The number of esters is 1. The highest BCUT2D eigenvalue weighted by Crippen LogP contribution is 2.21. The minimum absolute atomic E-state index is 0.0949. The molecule has 0 unspecified atom stereocenters. The fourth-order valence-electron chi connectivity index (χ4n) is 2.34. The minimum Gasteiger partial charge on any atom is -0.455 e. The maximum absolute atomic E-state index is 13.4. The van der Waals surface area contributed by atoms with E-state index in [0.717, 1.165) is 37.4 Å². The number of halogens is 1. The minimum atomic E-state index is -0.699. The van der Waals surface area contributed by atoms with Crippen LogP contribution in [0.4, 0.5) is 9.18 Å². The van der Waals surface area contributed by atoms with Gasteiger partial charge in [0.15, 0.2) is 6.61 Å². The summed E-state index contributed by atoms with van der Waals surface area (Å²) in [6.45, 7) is -0.547. The Morgan fingerprint density at radius 1 is 1.21 bits per heavy atom. The van der Waals surface area contributed by atoms with Crippen LogP contribution in [0.1, 0.15) is 25.7 Å². The Bertz CT molecular complexity index is 605. The molecule has 1 fully saturated rings. The van der Waals surface area contributed by atoms with Crippen molar-refractivity contribution in [1.29, 1.82) is 0 Å². The van der Waals surface area contributed by atoms with E-state index < -0.39 is 30.3 Å². The van der Waals surface area contributed by atoms with Gasteiger partial charge in [-0.15, -0.1) is 11.8 Å². The van der Waals surface area contributed by atoms with Gasteiger partial charge in [-0.3, -0.25) is 14.9 Å². The van der Waals surface area contributed by atoms with E-state index in [1.807, 2.05) is 0 Å². The lowest BCUT2D eigenvalue weighted by Crippen LogP contribution is -2.45. The van der Waals surface area contributed by atoms with Crippen molar-refractivity contribution in [3.63, 3.8) is 0 Å². The molecular weight excluding hydrogens is 335 g/mol. The number of imide groups is 1. The van der Waals surface area contributed by atoms with E-state index in [1.54, 1.807) is 18.2 Å². The highest BCUT2D eigenvalue weighted by atomic mass is 32.2. The highest BCUT2D eigenvalue weighted by Gasteiger charge is 2.18. The molecular formula is C16H19FN2O4S. The van der Waals surface area contributed by atoms with E-state index in [9.17, 15) is 18.8 Å². The van der Waals surface area contributed by atoms with Crippen LogP contribution in [0.25, 0.3) is 0 Å². The zero-order valence-corrected chi connectivity index (χ0v) is 13.9. The number of hydrogen-bond donors (Lipinski definition) is 2. The number of ether oxygens (including phenoxy) is 1. The van der Waals surface area contributed by atoms with Crippen LogP contribution in [0.15, 0.2) is 29.2 Å². The van der Waals surface area contributed by atoms with Gasteiger partial charge in [0.1, 0.15) is 5.82 Å². The fraction of sp³-hybridized carbons (Fsp3) is 0.438. The third-order valence-corrected chi connectivity index (χ3v) is 4.51. The number of carbonyl (C=O) groups excluding carboxylic acids is 3. The predicted molar refractivity (Wildman–Crippen MR) is 87.0 cm³/mol. The number of thioether (sulfide) groups is 1. The lowest BCUT2D eigenvalue weighted by molar-refractivity contribution is -0.145. The Labute approximate surface area is 143 Å². The molecule has 6 nitrogen and oxygen atoms in total. The van der Waals surface area contributed by atoms with E-state index in [0.29, 0.717) is 4.90 Å². The fourth-order valence-corrected chi connectivity index (χ4v) is 3.08. The van der Waals surface area contributed by atoms with Crippen molar-refractivity contribution in [2.75, 3.05) is 12.4 Å². The topological polar surface area (TPSA) is 84.5 Å². The molecule has 1 aromatic rings. The van der Waals surface area contributed by atoms with Crippen LogP contribution in [0.2, 0.25) is 0 Å². The summed E-state index contributed by atoms with van der Waals surface area (Å²) in [4.78, 5) is 35.0. The second kappa shape index (κ2) is 9.27. The van der Waals surface area contributed by atoms with Crippen molar-refractivity contribution in [3.8, 4) is 0 Å². The van der Waals surface area contributed by atoms with Gasteiger partial charge in [0, 0.05) is 10.9 Å². The first-order valence-electron chi connectivity index (χ1n) is 7.68. The second-order valence-corrected chi connectivity index (χ2v) is 6.40. The average molecular weight is 354 g/mol. The zero-order chi connectivity index (χ0) is 17.4. The SMILES string of the molecule is O=C(COC(=O)CSc1ccccc1F)NC(=O)NC1CCCC1. The van der Waals surface area contributed by atoms with Gasteiger partial charge < -0.3 is 10.1 Å². The normalized spacial score (nSPS) is 14.2. The molecule has 1 aliphatic rings. The molecule has 1 aromatic carbocycles. The lowest BCUT2D eigenvalue weighted by atomic mass is 10.2. The molecule has 2 N–H and O–H groups in total. The van der Waals surface area contributed by atoms with Crippen LogP contribution in [-0.4, -0.2) is 36.3 Å². The molecule has 8 heteroatoms. The third kappa shape index (κ3) is 6.19. The molecule has 0 aromatic heterocycles. The number of benzene rings is 1. The highest BCUT2D eigenvalue weighted by molar-refractivity contribution is 8.00. The first kappa shape index (κ1) is 18.3. The van der Waals surface area contributed by atoms with Crippen LogP contribution >= 0.6 is 11.8 Å². The van der Waals surface area contributed by atoms with E-state index in [1.165, 1.54) is 6.07 Å². The van der Waals surface area contributed by atoms with Gasteiger partial charge in [-0.1, -0.05) is 25.0 Å². The van der Waals surface area contributed by atoms with Gasteiger partial charge >= 0.3 is 12.0 Å².